The Balaban J connectivity index is 0. The molecule has 3 aromatic carbocycles. The number of ether oxygens (including phenoxy) is 6. The van der Waals surface area contributed by atoms with Crippen molar-refractivity contribution in [3.8, 4) is 45.6 Å². The molecule has 0 aromatic heterocycles. The van der Waals surface area contributed by atoms with E-state index >= 15 is 0 Å². The van der Waals surface area contributed by atoms with E-state index in [2.05, 4.69) is 26.3 Å². The summed E-state index contributed by atoms with van der Waals surface area (Å²) in [5.41, 5.74) is 2.93. The Morgan fingerprint density at radius 1 is 0.655 bits per heavy atom. The topological polar surface area (TPSA) is 124 Å². The molecule has 0 N–H and O–H groups in total. The van der Waals surface area contributed by atoms with Crippen LogP contribution < -0.4 is 28.4 Å². The van der Waals surface area contributed by atoms with Crippen LogP contribution in [0.15, 0.2) is 122 Å². The van der Waals surface area contributed by atoms with Gasteiger partial charge in [0.15, 0.2) is 35.5 Å². The molecule has 0 aliphatic rings. The van der Waals surface area contributed by atoms with Crippen LogP contribution in [-0.2, 0) is 19.2 Å². The number of allylic oxidation sites excluding steroid dienone is 3. The number of hydrogen-bond acceptors (Lipinski definition) is 10. The number of rotatable bonds is 13. The lowest BCUT2D eigenvalue weighted by molar-refractivity contribution is -0.132. The van der Waals surface area contributed by atoms with Crippen LogP contribution in [0.5, 0.6) is 34.5 Å². The lowest BCUT2D eigenvalue weighted by Crippen LogP contribution is -2.09. The smallest absolute Gasteiger partial charge is 0.338 e. The normalized spacial score (nSPS) is 9.24. The quantitative estimate of drug-likeness (QED) is 0.0241. The van der Waals surface area contributed by atoms with Gasteiger partial charge in [-0.1, -0.05) is 49.1 Å². The molecule has 0 aliphatic carbocycles. The Bertz CT molecular complexity index is 1970. The minimum atomic E-state index is -2.14. The molecule has 0 saturated heterocycles. The molecule has 14 heteroatoms. The van der Waals surface area contributed by atoms with Crippen molar-refractivity contribution in [2.24, 2.45) is 0 Å². The molecule has 3 aromatic rings. The average Bonchev–Trinajstić information content (AvgIpc) is 3.16. The van der Waals surface area contributed by atoms with E-state index in [1.54, 1.807) is 31.2 Å². The number of halogens is 4. The van der Waals surface area contributed by atoms with E-state index in [0.29, 0.717) is 11.1 Å². The van der Waals surface area contributed by atoms with Crippen LogP contribution >= 0.6 is 0 Å². The highest BCUT2D eigenvalue weighted by Crippen LogP contribution is 2.41. The van der Waals surface area contributed by atoms with Gasteiger partial charge in [-0.05, 0) is 87.7 Å². The molecule has 3 rings (SSSR count). The summed E-state index contributed by atoms with van der Waals surface area (Å²) in [5, 5.41) is 0. The highest BCUT2D eigenvalue weighted by Gasteiger charge is 2.18. The van der Waals surface area contributed by atoms with Gasteiger partial charge in [-0.2, -0.15) is 17.6 Å². The molecule has 0 bridgehead atoms. The summed E-state index contributed by atoms with van der Waals surface area (Å²) >= 11 is 0. The second-order valence-electron chi connectivity index (χ2n) is 11.4. The maximum atomic E-state index is 13.1. The Morgan fingerprint density at radius 2 is 1.16 bits per heavy atom. The molecule has 0 spiro atoms. The molecule has 0 unspecified atom stereocenters. The highest BCUT2D eigenvalue weighted by molar-refractivity contribution is 5.89. The maximum Gasteiger partial charge on any atom is 0.338 e. The van der Waals surface area contributed by atoms with Crippen molar-refractivity contribution in [1.29, 1.82) is 0 Å². The molecule has 0 aliphatic heterocycles. The molecule has 0 atom stereocenters. The molecular weight excluding hydrogens is 764 g/mol. The Hall–Kier alpha value is -6.96. The van der Waals surface area contributed by atoms with Gasteiger partial charge in [0.1, 0.15) is 24.6 Å². The van der Waals surface area contributed by atoms with Crippen LogP contribution in [0.2, 0.25) is 0 Å². The molecule has 58 heavy (non-hydrogen) atoms. The van der Waals surface area contributed by atoms with Crippen molar-refractivity contribution in [2.75, 3.05) is 14.2 Å². The lowest BCUT2D eigenvalue weighted by atomic mass is 10.00. The Morgan fingerprint density at radius 3 is 1.60 bits per heavy atom. The predicted molar refractivity (Wildman–Crippen MR) is 218 cm³/mol. The van der Waals surface area contributed by atoms with Crippen molar-refractivity contribution in [3.05, 3.63) is 133 Å². The summed E-state index contributed by atoms with van der Waals surface area (Å²) < 4.78 is 83.6. The van der Waals surface area contributed by atoms with Gasteiger partial charge in [-0.15, -0.1) is 13.2 Å². The number of esters is 2. The first kappa shape index (κ1) is 53.1. The van der Waals surface area contributed by atoms with Gasteiger partial charge < -0.3 is 33.2 Å². The van der Waals surface area contributed by atoms with Gasteiger partial charge in [-0.3, -0.25) is 9.59 Å². The minimum absolute atomic E-state index is 0.0246. The fraction of sp³-hybridized carbons (Fsp3) is 0.182. The molecule has 0 saturated carbocycles. The largest absolute Gasteiger partial charge is 0.493 e. The van der Waals surface area contributed by atoms with Crippen LogP contribution in [0.1, 0.15) is 52.7 Å². The third-order valence-electron chi connectivity index (χ3n) is 5.79. The van der Waals surface area contributed by atoms with E-state index in [9.17, 15) is 31.9 Å². The van der Waals surface area contributed by atoms with Crippen molar-refractivity contribution in [3.63, 3.8) is 0 Å². The van der Waals surface area contributed by atoms with E-state index in [0.717, 1.165) is 6.29 Å². The van der Waals surface area contributed by atoms with Crippen molar-refractivity contribution in [2.45, 2.75) is 41.5 Å². The first-order chi connectivity index (χ1) is 27.3. The van der Waals surface area contributed by atoms with Crippen LogP contribution in [0.3, 0.4) is 0 Å². The van der Waals surface area contributed by atoms with Crippen molar-refractivity contribution >= 4 is 37.2 Å². The summed E-state index contributed by atoms with van der Waals surface area (Å²) in [7, 11) is 2.73. The second-order valence-corrected chi connectivity index (χ2v) is 11.4. The molecule has 0 heterocycles. The number of benzene rings is 3. The highest BCUT2D eigenvalue weighted by atomic mass is 19.3. The lowest BCUT2D eigenvalue weighted by Gasteiger charge is -2.16. The molecule has 0 fully saturated rings. The first-order valence-electron chi connectivity index (χ1n) is 16.6. The van der Waals surface area contributed by atoms with Crippen molar-refractivity contribution in [1.82, 2.24) is 0 Å². The van der Waals surface area contributed by atoms with Gasteiger partial charge in [0.25, 0.3) is 0 Å². The van der Waals surface area contributed by atoms with E-state index in [1.165, 1.54) is 76.1 Å². The van der Waals surface area contributed by atoms with E-state index in [-0.39, 0.29) is 69.3 Å². The third kappa shape index (κ3) is 21.8. The summed E-state index contributed by atoms with van der Waals surface area (Å²) in [5.74, 6) is -0.960. The van der Waals surface area contributed by atoms with E-state index in [4.69, 9.17) is 33.2 Å². The van der Waals surface area contributed by atoms with Crippen LogP contribution in [0.25, 0.3) is 23.3 Å². The van der Waals surface area contributed by atoms with Gasteiger partial charge in [0, 0.05) is 23.6 Å². The van der Waals surface area contributed by atoms with Gasteiger partial charge in [-0.25, -0.2) is 4.79 Å². The van der Waals surface area contributed by atoms with Gasteiger partial charge >= 0.3 is 24.1 Å². The predicted octanol–water partition coefficient (Wildman–Crippen LogP) is 11.5. The fourth-order valence-corrected chi connectivity index (χ4v) is 3.67. The first-order valence-corrected chi connectivity index (χ1v) is 16.6. The van der Waals surface area contributed by atoms with Crippen LogP contribution in [0, 0.1) is 0 Å². The zero-order chi connectivity index (χ0) is 45.0. The molecular formula is C44H48F4O10. The second kappa shape index (κ2) is 29.3. The van der Waals surface area contributed by atoms with Crippen LogP contribution in [0.4, 0.5) is 17.6 Å². The number of carbonyl (C=O) groups is 4. The summed E-state index contributed by atoms with van der Waals surface area (Å²) in [6.07, 6.45) is 1.63. The average molecular weight is 813 g/mol. The molecule has 0 radical (unpaired) electrons. The van der Waals surface area contributed by atoms with Crippen LogP contribution in [-0.4, -0.2) is 39.2 Å². The Kier molecular flexibility index (Phi) is 26.9. The molecule has 312 valence electrons. The van der Waals surface area contributed by atoms with E-state index in [1.807, 2.05) is 27.6 Å². The van der Waals surface area contributed by atoms with Crippen molar-refractivity contribution < 1.29 is 65.2 Å². The van der Waals surface area contributed by atoms with E-state index < -0.39 is 24.1 Å². The zero-order valence-electron chi connectivity index (χ0n) is 33.7. The zero-order valence-corrected chi connectivity index (χ0v) is 33.7. The SMILES string of the molecule is C=C(C)C.C=C(C)C(=O)Oc1cc(-c2cc(OC=C(F)F)c(/C=C/c3ccc(OC(C)=O)c(OC)c3)cc2OC=C(F)F)ccc1OC.C=C(C)C=O.C=CC.C=O. The Labute approximate surface area is 336 Å². The number of carbonyl (C=O) groups excluding carboxylic acids is 4. The summed E-state index contributed by atoms with van der Waals surface area (Å²) in [6.45, 7) is 25.9. The fourth-order valence-electron chi connectivity index (χ4n) is 3.67. The minimum Gasteiger partial charge on any atom is -0.493 e. The summed E-state index contributed by atoms with van der Waals surface area (Å²) in [4.78, 5) is 40.9. The standard InChI is InChI=1S/C32H26F4O8.C4H6O.C4H8.C3H6.CH2O/c1-18(2)32(38)44-29-13-21(9-11-24(29)39-4)23-15-26(41-16-30(33)34)22(14-27(23)42-17-31(35)36)8-6-20-7-10-25(43-19(3)37)28(12-20)40-5;1-4(2)3-5;1-4(2)3;1-3-2;1-2/h6-17H,1H2,2-5H3;3H,1H2,2H3;1H2,2-3H3;3H,1H2,2H3;1H2/b8-6+;;;;. The van der Waals surface area contributed by atoms with Gasteiger partial charge in [0.2, 0.25) is 0 Å². The molecule has 10 nitrogen and oxygen atoms in total. The maximum absolute atomic E-state index is 13.1. The number of methoxy groups -OCH3 is 2. The summed E-state index contributed by atoms with van der Waals surface area (Å²) in [6, 6.07) is 11.6. The molecule has 0 amide bonds. The monoisotopic (exact) mass is 812 g/mol. The number of hydrogen-bond donors (Lipinski definition) is 0. The third-order valence-corrected chi connectivity index (χ3v) is 5.79. The van der Waals surface area contributed by atoms with Gasteiger partial charge in [0.05, 0.1) is 14.2 Å². The number of aldehydes is 1.